The Labute approximate surface area is 87.9 Å². The summed E-state index contributed by atoms with van der Waals surface area (Å²) in [6.45, 7) is 2.14. The standard InChI is InChI=1S/C10H13N3O2/c1-2-15-10(14)7-8-5-3-4-6-9(8)12-13-11/h3-6H,2,7H2,1H3,(H2,11,12). The molecule has 1 aromatic rings. The van der Waals surface area contributed by atoms with E-state index in [-0.39, 0.29) is 12.4 Å². The third-order valence-electron chi connectivity index (χ3n) is 1.83. The van der Waals surface area contributed by atoms with Crippen molar-refractivity contribution >= 4 is 11.7 Å². The molecule has 80 valence electrons. The van der Waals surface area contributed by atoms with Crippen LogP contribution in [0.25, 0.3) is 0 Å². The van der Waals surface area contributed by atoms with Crippen molar-refractivity contribution in [3.05, 3.63) is 29.8 Å². The predicted molar refractivity (Wildman–Crippen MR) is 55.5 cm³/mol. The Morgan fingerprint density at radius 2 is 2.27 bits per heavy atom. The molecule has 0 aliphatic heterocycles. The van der Waals surface area contributed by atoms with Gasteiger partial charge in [-0.2, -0.15) is 5.53 Å². The normalized spacial score (nSPS) is 9.40. The van der Waals surface area contributed by atoms with Crippen LogP contribution in [0.15, 0.2) is 29.5 Å². The molecule has 0 heterocycles. The smallest absolute Gasteiger partial charge is 0.310 e. The minimum absolute atomic E-state index is 0.187. The fourth-order valence-corrected chi connectivity index (χ4v) is 1.21. The summed E-state index contributed by atoms with van der Waals surface area (Å²) in [6.07, 6.45) is 0.187. The molecular formula is C10H13N3O2. The molecule has 1 rings (SSSR count). The number of benzene rings is 1. The highest BCUT2D eigenvalue weighted by molar-refractivity contribution is 5.75. The highest BCUT2D eigenvalue weighted by Gasteiger charge is 2.07. The minimum Gasteiger partial charge on any atom is -0.466 e. The van der Waals surface area contributed by atoms with Gasteiger partial charge in [-0.3, -0.25) is 10.2 Å². The second-order valence-corrected chi connectivity index (χ2v) is 2.86. The number of para-hydroxylation sites is 1. The zero-order valence-corrected chi connectivity index (χ0v) is 8.49. The highest BCUT2D eigenvalue weighted by Crippen LogP contribution is 2.15. The molecule has 0 aliphatic carbocycles. The van der Waals surface area contributed by atoms with Gasteiger partial charge in [0.1, 0.15) is 0 Å². The van der Waals surface area contributed by atoms with Crippen LogP contribution in [0.5, 0.6) is 0 Å². The number of nitrogens with one attached hydrogen (secondary N) is 2. The fraction of sp³-hybridized carbons (Fsp3) is 0.300. The Morgan fingerprint density at radius 1 is 1.53 bits per heavy atom. The number of anilines is 1. The number of carbonyl (C=O) groups is 1. The zero-order valence-electron chi connectivity index (χ0n) is 8.49. The fourth-order valence-electron chi connectivity index (χ4n) is 1.21. The predicted octanol–water partition coefficient (Wildman–Crippen LogP) is 2.15. The van der Waals surface area contributed by atoms with Gasteiger partial charge in [0.05, 0.1) is 18.7 Å². The molecule has 0 fully saturated rings. The summed E-state index contributed by atoms with van der Waals surface area (Å²) in [5.41, 5.74) is 10.6. The second kappa shape index (κ2) is 5.74. The van der Waals surface area contributed by atoms with E-state index >= 15 is 0 Å². The lowest BCUT2D eigenvalue weighted by Crippen LogP contribution is -2.08. The van der Waals surface area contributed by atoms with Gasteiger partial charge in [-0.25, -0.2) is 0 Å². The molecule has 0 aromatic heterocycles. The number of nitrogens with zero attached hydrogens (tertiary/aromatic N) is 1. The molecule has 0 bridgehead atoms. The quantitative estimate of drug-likeness (QED) is 0.441. The van der Waals surface area contributed by atoms with Gasteiger partial charge >= 0.3 is 5.97 Å². The zero-order chi connectivity index (χ0) is 11.1. The second-order valence-electron chi connectivity index (χ2n) is 2.86. The largest absolute Gasteiger partial charge is 0.466 e. The first-order chi connectivity index (χ1) is 7.27. The van der Waals surface area contributed by atoms with Crippen molar-refractivity contribution in [1.29, 1.82) is 5.53 Å². The van der Waals surface area contributed by atoms with Gasteiger partial charge in [0.2, 0.25) is 0 Å². The minimum atomic E-state index is -0.281. The van der Waals surface area contributed by atoms with Crippen LogP contribution in [-0.4, -0.2) is 12.6 Å². The molecule has 0 amide bonds. The number of esters is 1. The van der Waals surface area contributed by atoms with E-state index in [9.17, 15) is 4.79 Å². The summed E-state index contributed by atoms with van der Waals surface area (Å²) in [7, 11) is 0. The SMILES string of the molecule is CCOC(=O)Cc1ccccc1NN=N. The maximum Gasteiger partial charge on any atom is 0.310 e. The van der Waals surface area contributed by atoms with Gasteiger partial charge in [0.15, 0.2) is 0 Å². The summed E-state index contributed by atoms with van der Waals surface area (Å²) in [6, 6.07) is 7.18. The molecule has 1 aromatic carbocycles. The van der Waals surface area contributed by atoms with E-state index in [0.29, 0.717) is 12.3 Å². The Bertz CT molecular complexity index is 352. The number of ether oxygens (including phenoxy) is 1. The first-order valence-electron chi connectivity index (χ1n) is 4.64. The molecule has 0 atom stereocenters. The molecule has 5 nitrogen and oxygen atoms in total. The van der Waals surface area contributed by atoms with Crippen molar-refractivity contribution in [1.82, 2.24) is 0 Å². The maximum absolute atomic E-state index is 11.2. The Kier molecular flexibility index (Phi) is 4.28. The van der Waals surface area contributed by atoms with E-state index in [2.05, 4.69) is 10.6 Å². The average molecular weight is 207 g/mol. The van der Waals surface area contributed by atoms with Crippen molar-refractivity contribution < 1.29 is 9.53 Å². The van der Waals surface area contributed by atoms with Crippen LogP contribution in [0.3, 0.4) is 0 Å². The van der Waals surface area contributed by atoms with Gasteiger partial charge in [0.25, 0.3) is 0 Å². The van der Waals surface area contributed by atoms with E-state index in [1.54, 1.807) is 19.1 Å². The Balaban J connectivity index is 2.74. The topological polar surface area (TPSA) is 74.5 Å². The van der Waals surface area contributed by atoms with Crippen LogP contribution < -0.4 is 5.43 Å². The van der Waals surface area contributed by atoms with Gasteiger partial charge in [-0.1, -0.05) is 23.4 Å². The van der Waals surface area contributed by atoms with Gasteiger partial charge in [0, 0.05) is 0 Å². The van der Waals surface area contributed by atoms with Crippen LogP contribution in [0, 0.1) is 5.53 Å². The molecule has 2 N–H and O–H groups in total. The maximum atomic E-state index is 11.2. The molecule has 0 saturated heterocycles. The monoisotopic (exact) mass is 207 g/mol. The van der Waals surface area contributed by atoms with Crippen LogP contribution in [0.1, 0.15) is 12.5 Å². The van der Waals surface area contributed by atoms with Crippen molar-refractivity contribution in [2.75, 3.05) is 12.0 Å². The van der Waals surface area contributed by atoms with Crippen LogP contribution in [0.4, 0.5) is 5.69 Å². The highest BCUT2D eigenvalue weighted by atomic mass is 16.5. The van der Waals surface area contributed by atoms with Gasteiger partial charge in [-0.15, -0.1) is 0 Å². The van der Waals surface area contributed by atoms with Gasteiger partial charge < -0.3 is 4.74 Å². The lowest BCUT2D eigenvalue weighted by Gasteiger charge is -2.06. The first kappa shape index (κ1) is 11.2. The molecule has 5 heteroatoms. The number of rotatable bonds is 5. The Morgan fingerprint density at radius 3 is 2.93 bits per heavy atom. The molecule has 0 spiro atoms. The number of carbonyl (C=O) groups excluding carboxylic acids is 1. The molecule has 0 unspecified atom stereocenters. The van der Waals surface area contributed by atoms with Crippen molar-refractivity contribution in [2.45, 2.75) is 13.3 Å². The third kappa shape index (κ3) is 3.38. The molecule has 0 saturated carbocycles. The molecular weight excluding hydrogens is 194 g/mol. The first-order valence-corrected chi connectivity index (χ1v) is 4.64. The summed E-state index contributed by atoms with van der Waals surface area (Å²) in [5.74, 6) is -0.281. The van der Waals surface area contributed by atoms with Crippen LogP contribution >= 0.6 is 0 Å². The number of hydrogen-bond donors (Lipinski definition) is 2. The van der Waals surface area contributed by atoms with Crippen LogP contribution in [-0.2, 0) is 16.0 Å². The van der Waals surface area contributed by atoms with Crippen molar-refractivity contribution in [3.8, 4) is 0 Å². The molecule has 0 radical (unpaired) electrons. The lowest BCUT2D eigenvalue weighted by atomic mass is 10.1. The molecule has 0 aliphatic rings. The van der Waals surface area contributed by atoms with Crippen molar-refractivity contribution in [2.24, 2.45) is 5.22 Å². The summed E-state index contributed by atoms with van der Waals surface area (Å²) in [5, 5.41) is 3.07. The molecule has 15 heavy (non-hydrogen) atoms. The van der Waals surface area contributed by atoms with E-state index in [0.717, 1.165) is 5.56 Å². The summed E-state index contributed by atoms with van der Waals surface area (Å²) in [4.78, 5) is 11.2. The summed E-state index contributed by atoms with van der Waals surface area (Å²) >= 11 is 0. The van der Waals surface area contributed by atoms with E-state index in [1.165, 1.54) is 0 Å². The van der Waals surface area contributed by atoms with Crippen LogP contribution in [0.2, 0.25) is 0 Å². The van der Waals surface area contributed by atoms with E-state index < -0.39 is 0 Å². The lowest BCUT2D eigenvalue weighted by molar-refractivity contribution is -0.142. The van der Waals surface area contributed by atoms with E-state index in [4.69, 9.17) is 10.3 Å². The average Bonchev–Trinajstić information content (AvgIpc) is 2.21. The third-order valence-corrected chi connectivity index (χ3v) is 1.83. The Hall–Kier alpha value is -1.91. The van der Waals surface area contributed by atoms with E-state index in [1.807, 2.05) is 12.1 Å². The van der Waals surface area contributed by atoms with Gasteiger partial charge in [-0.05, 0) is 18.6 Å². The number of hydrogen-bond acceptors (Lipinski definition) is 4. The summed E-state index contributed by atoms with van der Waals surface area (Å²) < 4.78 is 4.83. The van der Waals surface area contributed by atoms with Crippen molar-refractivity contribution in [3.63, 3.8) is 0 Å².